The van der Waals surface area contributed by atoms with Crippen molar-refractivity contribution in [3.05, 3.63) is 77.5 Å². The molecule has 4 rings (SSSR count). The summed E-state index contributed by atoms with van der Waals surface area (Å²) in [5, 5.41) is 3.94. The smallest absolute Gasteiger partial charge is 0.352 e. The van der Waals surface area contributed by atoms with E-state index in [1.54, 1.807) is 6.20 Å². The summed E-state index contributed by atoms with van der Waals surface area (Å²) in [5.41, 5.74) is 1.90. The summed E-state index contributed by atoms with van der Waals surface area (Å²) >= 11 is 0. The molecule has 1 aliphatic carbocycles. The van der Waals surface area contributed by atoms with Gasteiger partial charge in [0.05, 0.1) is 11.1 Å². The molecule has 1 amide bonds. The number of pyridine rings is 1. The van der Waals surface area contributed by atoms with E-state index in [0.717, 1.165) is 34.2 Å². The Morgan fingerprint density at radius 2 is 1.81 bits per heavy atom. The second kappa shape index (κ2) is 6.68. The number of alkyl halides is 3. The summed E-state index contributed by atoms with van der Waals surface area (Å²) in [6.45, 7) is 0.378. The fourth-order valence-electron chi connectivity index (χ4n) is 3.40. The molecule has 1 aromatic heterocycles. The number of rotatable bonds is 4. The van der Waals surface area contributed by atoms with E-state index in [2.05, 4.69) is 10.3 Å². The van der Waals surface area contributed by atoms with E-state index in [-0.39, 0.29) is 17.7 Å². The molecule has 2 aromatic carbocycles. The number of para-hydroxylation sites is 1. The number of amides is 1. The Balaban J connectivity index is 1.39. The van der Waals surface area contributed by atoms with Crippen molar-refractivity contribution in [2.45, 2.75) is 25.1 Å². The average molecular weight is 370 g/mol. The van der Waals surface area contributed by atoms with Gasteiger partial charge in [0.25, 0.3) is 0 Å². The average Bonchev–Trinajstić information content (AvgIpc) is 3.46. The highest BCUT2D eigenvalue weighted by molar-refractivity contribution is 5.85. The maximum atomic E-state index is 12.6. The fraction of sp³-hybridized carbons (Fsp3) is 0.238. The SMILES string of the molecule is O=C(NCc1cccc2cccnc12)[C@H]1C[C@H]1c1ccc(C(F)(F)F)cc1. The summed E-state index contributed by atoms with van der Waals surface area (Å²) in [5.74, 6) is -0.282. The van der Waals surface area contributed by atoms with Crippen LogP contribution in [0, 0.1) is 5.92 Å². The molecule has 1 fully saturated rings. The largest absolute Gasteiger partial charge is 0.416 e. The molecule has 1 heterocycles. The van der Waals surface area contributed by atoms with E-state index in [1.807, 2.05) is 30.3 Å². The zero-order chi connectivity index (χ0) is 19.0. The van der Waals surface area contributed by atoms with Crippen molar-refractivity contribution in [1.29, 1.82) is 0 Å². The van der Waals surface area contributed by atoms with Crippen LogP contribution in [0.25, 0.3) is 10.9 Å². The van der Waals surface area contributed by atoms with Gasteiger partial charge in [0.1, 0.15) is 0 Å². The Morgan fingerprint density at radius 1 is 1.07 bits per heavy atom. The highest BCUT2D eigenvalue weighted by Crippen LogP contribution is 2.48. The topological polar surface area (TPSA) is 42.0 Å². The molecule has 1 N–H and O–H groups in total. The Hall–Kier alpha value is -2.89. The molecule has 3 nitrogen and oxygen atoms in total. The van der Waals surface area contributed by atoms with Crippen molar-refractivity contribution in [2.24, 2.45) is 5.92 Å². The van der Waals surface area contributed by atoms with Gasteiger partial charge in [-0.3, -0.25) is 9.78 Å². The Bertz CT molecular complexity index is 977. The van der Waals surface area contributed by atoms with Crippen LogP contribution in [0.2, 0.25) is 0 Å². The van der Waals surface area contributed by atoms with E-state index in [4.69, 9.17) is 0 Å². The number of hydrogen-bond donors (Lipinski definition) is 1. The number of nitrogens with one attached hydrogen (secondary N) is 1. The third-order valence-electron chi connectivity index (χ3n) is 4.96. The lowest BCUT2D eigenvalue weighted by Gasteiger charge is -2.09. The van der Waals surface area contributed by atoms with E-state index in [9.17, 15) is 18.0 Å². The lowest BCUT2D eigenvalue weighted by Crippen LogP contribution is -2.25. The molecule has 6 heteroatoms. The normalized spacial score (nSPS) is 19.1. The van der Waals surface area contributed by atoms with Crippen LogP contribution in [0.5, 0.6) is 0 Å². The number of nitrogens with zero attached hydrogens (tertiary/aromatic N) is 1. The van der Waals surface area contributed by atoms with Gasteiger partial charge in [0.15, 0.2) is 0 Å². The first-order valence-electron chi connectivity index (χ1n) is 8.71. The number of carbonyl (C=O) groups excluding carboxylic acids is 1. The lowest BCUT2D eigenvalue weighted by molar-refractivity contribution is -0.137. The molecule has 138 valence electrons. The third-order valence-corrected chi connectivity index (χ3v) is 4.96. The maximum absolute atomic E-state index is 12.6. The van der Waals surface area contributed by atoms with Gasteiger partial charge in [0, 0.05) is 24.0 Å². The third kappa shape index (κ3) is 3.65. The monoisotopic (exact) mass is 370 g/mol. The first-order chi connectivity index (χ1) is 12.9. The number of aromatic nitrogens is 1. The van der Waals surface area contributed by atoms with Crippen molar-refractivity contribution in [3.63, 3.8) is 0 Å². The number of fused-ring (bicyclic) bond motifs is 1. The van der Waals surface area contributed by atoms with Crippen LogP contribution in [0.1, 0.15) is 29.0 Å². The Kier molecular flexibility index (Phi) is 4.34. The zero-order valence-corrected chi connectivity index (χ0v) is 14.3. The Morgan fingerprint density at radius 3 is 2.56 bits per heavy atom. The minimum atomic E-state index is -4.34. The quantitative estimate of drug-likeness (QED) is 0.725. The highest BCUT2D eigenvalue weighted by Gasteiger charge is 2.44. The molecule has 0 saturated heterocycles. The lowest BCUT2D eigenvalue weighted by atomic mass is 10.1. The van der Waals surface area contributed by atoms with Gasteiger partial charge >= 0.3 is 6.18 Å². The summed E-state index contributed by atoms with van der Waals surface area (Å²) in [6, 6.07) is 14.7. The molecule has 0 bridgehead atoms. The zero-order valence-electron chi connectivity index (χ0n) is 14.3. The van der Waals surface area contributed by atoms with Gasteiger partial charge in [-0.2, -0.15) is 13.2 Å². The van der Waals surface area contributed by atoms with Crippen molar-refractivity contribution in [2.75, 3.05) is 0 Å². The molecule has 3 aromatic rings. The number of halogens is 3. The number of benzene rings is 2. The second-order valence-electron chi connectivity index (χ2n) is 6.78. The van der Waals surface area contributed by atoms with E-state index in [1.165, 1.54) is 12.1 Å². The molecule has 2 atom stereocenters. The molecule has 27 heavy (non-hydrogen) atoms. The standard InChI is InChI=1S/C21H17F3N2O/c22-21(23,24)16-8-6-13(7-9-16)17-11-18(17)20(27)26-12-15-4-1-3-14-5-2-10-25-19(14)15/h1-10,17-18H,11-12H2,(H,26,27)/t17-,18-/m0/s1. The molecule has 1 saturated carbocycles. The van der Waals surface area contributed by atoms with Crippen LogP contribution < -0.4 is 5.32 Å². The van der Waals surface area contributed by atoms with Crippen LogP contribution in [0.15, 0.2) is 60.8 Å². The van der Waals surface area contributed by atoms with Gasteiger partial charge in [-0.1, -0.05) is 36.4 Å². The van der Waals surface area contributed by atoms with Crippen molar-refractivity contribution in [1.82, 2.24) is 10.3 Å². The molecule has 0 unspecified atom stereocenters. The highest BCUT2D eigenvalue weighted by atomic mass is 19.4. The predicted molar refractivity (Wildman–Crippen MR) is 95.9 cm³/mol. The van der Waals surface area contributed by atoms with Crippen LogP contribution >= 0.6 is 0 Å². The van der Waals surface area contributed by atoms with Gasteiger partial charge in [-0.05, 0) is 41.7 Å². The Labute approximate surface area is 154 Å². The number of carbonyl (C=O) groups is 1. The van der Waals surface area contributed by atoms with Gasteiger partial charge in [-0.15, -0.1) is 0 Å². The predicted octanol–water partition coefficient (Wildman–Crippen LogP) is 4.67. The molecular formula is C21H17F3N2O. The van der Waals surface area contributed by atoms with Gasteiger partial charge in [-0.25, -0.2) is 0 Å². The molecule has 0 aliphatic heterocycles. The summed E-state index contributed by atoms with van der Waals surface area (Å²) in [4.78, 5) is 16.8. The van der Waals surface area contributed by atoms with Crippen molar-refractivity contribution < 1.29 is 18.0 Å². The summed E-state index contributed by atoms with van der Waals surface area (Å²) in [7, 11) is 0. The minimum absolute atomic E-state index is 0.0158. The fourth-order valence-corrected chi connectivity index (χ4v) is 3.40. The van der Waals surface area contributed by atoms with E-state index < -0.39 is 11.7 Å². The van der Waals surface area contributed by atoms with Gasteiger partial charge < -0.3 is 5.32 Å². The van der Waals surface area contributed by atoms with Crippen LogP contribution in [-0.4, -0.2) is 10.9 Å². The molecule has 0 radical (unpaired) electrons. The summed E-state index contributed by atoms with van der Waals surface area (Å²) < 4.78 is 37.9. The van der Waals surface area contributed by atoms with E-state index >= 15 is 0 Å². The van der Waals surface area contributed by atoms with Crippen molar-refractivity contribution in [3.8, 4) is 0 Å². The van der Waals surface area contributed by atoms with E-state index in [0.29, 0.717) is 13.0 Å². The second-order valence-corrected chi connectivity index (χ2v) is 6.78. The molecule has 0 spiro atoms. The first-order valence-corrected chi connectivity index (χ1v) is 8.71. The van der Waals surface area contributed by atoms with Crippen LogP contribution in [0.4, 0.5) is 13.2 Å². The van der Waals surface area contributed by atoms with Crippen molar-refractivity contribution >= 4 is 16.8 Å². The molecule has 1 aliphatic rings. The van der Waals surface area contributed by atoms with Gasteiger partial charge in [0.2, 0.25) is 5.91 Å². The maximum Gasteiger partial charge on any atom is 0.416 e. The minimum Gasteiger partial charge on any atom is -0.352 e. The summed E-state index contributed by atoms with van der Waals surface area (Å²) in [6.07, 6.45) is -1.97. The van der Waals surface area contributed by atoms with Crippen LogP contribution in [-0.2, 0) is 17.5 Å². The first kappa shape index (κ1) is 17.5. The van der Waals surface area contributed by atoms with Crippen LogP contribution in [0.3, 0.4) is 0 Å². The number of hydrogen-bond acceptors (Lipinski definition) is 2. The molecular weight excluding hydrogens is 353 g/mol.